The number of likely N-dealkylation sites (N-methyl/N-ethyl adjacent to an activating group) is 1. The van der Waals surface area contributed by atoms with Crippen LogP contribution < -0.4 is 0 Å². The third-order valence-electron chi connectivity index (χ3n) is 4.33. The van der Waals surface area contributed by atoms with E-state index in [1.165, 1.54) is 0 Å². The first-order valence-electron chi connectivity index (χ1n) is 6.51. The summed E-state index contributed by atoms with van der Waals surface area (Å²) in [6.45, 7) is 1.32. The van der Waals surface area contributed by atoms with Crippen molar-refractivity contribution in [2.45, 2.75) is 30.5 Å². The van der Waals surface area contributed by atoms with Gasteiger partial charge in [0.15, 0.2) is 0 Å². The van der Waals surface area contributed by atoms with E-state index in [1.807, 2.05) is 12.1 Å². The van der Waals surface area contributed by atoms with Gasteiger partial charge in [-0.3, -0.25) is 4.90 Å². The molecule has 0 saturated carbocycles. The number of ether oxygens (including phenoxy) is 1. The summed E-state index contributed by atoms with van der Waals surface area (Å²) in [5, 5.41) is 19.9. The van der Waals surface area contributed by atoms with Crippen molar-refractivity contribution in [3.05, 3.63) is 29.6 Å². The molecule has 3 rings (SSSR count). The van der Waals surface area contributed by atoms with E-state index >= 15 is 0 Å². The summed E-state index contributed by atoms with van der Waals surface area (Å²) < 4.78 is 5.56. The van der Waals surface area contributed by atoms with Crippen molar-refractivity contribution in [3.63, 3.8) is 0 Å². The number of aliphatic hydroxyl groups is 1. The van der Waals surface area contributed by atoms with Crippen LogP contribution in [0.2, 0.25) is 0 Å². The first-order chi connectivity index (χ1) is 9.12. The largest absolute Gasteiger partial charge is 0.385 e. The minimum absolute atomic E-state index is 0.233. The van der Waals surface area contributed by atoms with Crippen molar-refractivity contribution in [1.29, 1.82) is 5.26 Å². The van der Waals surface area contributed by atoms with Crippen LogP contribution in [-0.4, -0.2) is 47.3 Å². The number of morpholine rings is 1. The zero-order valence-corrected chi connectivity index (χ0v) is 10.9. The summed E-state index contributed by atoms with van der Waals surface area (Å²) in [6, 6.07) is 6.00. The van der Waals surface area contributed by atoms with Crippen LogP contribution in [0.5, 0.6) is 0 Å². The highest BCUT2D eigenvalue weighted by Crippen LogP contribution is 2.40. The predicted molar refractivity (Wildman–Crippen MR) is 68.2 cm³/mol. The summed E-state index contributed by atoms with van der Waals surface area (Å²) in [7, 11) is 2.09. The van der Waals surface area contributed by atoms with Gasteiger partial charge in [-0.05, 0) is 37.6 Å². The Morgan fingerprint density at radius 3 is 2.79 bits per heavy atom. The molecular formula is C14H17N3O2. The molecule has 0 radical (unpaired) electrons. The van der Waals surface area contributed by atoms with Gasteiger partial charge in [-0.25, -0.2) is 4.98 Å². The van der Waals surface area contributed by atoms with Crippen molar-refractivity contribution < 1.29 is 9.84 Å². The van der Waals surface area contributed by atoms with E-state index in [2.05, 4.69) is 16.9 Å². The topological polar surface area (TPSA) is 69.4 Å². The Morgan fingerprint density at radius 2 is 2.16 bits per heavy atom. The predicted octanol–water partition coefficient (Wildman–Crippen LogP) is 0.634. The van der Waals surface area contributed by atoms with Gasteiger partial charge in [0.1, 0.15) is 11.8 Å². The average Bonchev–Trinajstić information content (AvgIpc) is 2.41. The van der Waals surface area contributed by atoms with Crippen LogP contribution in [0.15, 0.2) is 18.3 Å². The van der Waals surface area contributed by atoms with Crippen LogP contribution in [0.4, 0.5) is 0 Å². The van der Waals surface area contributed by atoms with E-state index in [9.17, 15) is 5.11 Å². The molecule has 19 heavy (non-hydrogen) atoms. The van der Waals surface area contributed by atoms with Crippen LogP contribution in [0.25, 0.3) is 0 Å². The lowest BCUT2D eigenvalue weighted by Gasteiger charge is -2.50. The van der Waals surface area contributed by atoms with Crippen molar-refractivity contribution in [2.24, 2.45) is 0 Å². The highest BCUT2D eigenvalue weighted by Gasteiger charge is 2.45. The quantitative estimate of drug-likeness (QED) is 0.801. The zero-order chi connectivity index (χ0) is 13.5. The number of hydrogen-bond acceptors (Lipinski definition) is 5. The molecule has 2 unspecified atom stereocenters. The number of nitrogens with zero attached hydrogens (tertiary/aromatic N) is 3. The van der Waals surface area contributed by atoms with E-state index in [0.717, 1.165) is 5.56 Å². The third kappa shape index (κ3) is 2.12. The summed E-state index contributed by atoms with van der Waals surface area (Å²) in [5.74, 6) is 0. The molecule has 1 N–H and O–H groups in total. The second-order valence-corrected chi connectivity index (χ2v) is 5.49. The van der Waals surface area contributed by atoms with Crippen LogP contribution in [0.3, 0.4) is 0 Å². The standard InChI is InChI=1S/C14H17N3O2/c1-17-12-5-14(18,6-13(17)9-19-8-12)10-2-3-16-11(4-10)7-15/h2-4,12-13,18H,5-6,8-9H2,1H3. The average molecular weight is 259 g/mol. The molecule has 2 fully saturated rings. The highest BCUT2D eigenvalue weighted by atomic mass is 16.5. The van der Waals surface area contributed by atoms with Crippen LogP contribution >= 0.6 is 0 Å². The lowest BCUT2D eigenvalue weighted by molar-refractivity contribution is -0.137. The molecule has 0 aliphatic carbocycles. The minimum Gasteiger partial charge on any atom is -0.385 e. The van der Waals surface area contributed by atoms with Gasteiger partial charge >= 0.3 is 0 Å². The van der Waals surface area contributed by atoms with Gasteiger partial charge in [-0.1, -0.05) is 0 Å². The summed E-state index contributed by atoms with van der Waals surface area (Å²) in [4.78, 5) is 6.26. The van der Waals surface area contributed by atoms with Crippen molar-refractivity contribution in [3.8, 4) is 6.07 Å². The Balaban J connectivity index is 1.93. The number of rotatable bonds is 1. The lowest BCUT2D eigenvalue weighted by Crippen LogP contribution is -2.59. The summed E-state index contributed by atoms with van der Waals surface area (Å²) in [5.41, 5.74) is 0.274. The molecule has 5 nitrogen and oxygen atoms in total. The lowest BCUT2D eigenvalue weighted by atomic mass is 9.77. The second-order valence-electron chi connectivity index (χ2n) is 5.49. The molecule has 1 aromatic rings. The third-order valence-corrected chi connectivity index (χ3v) is 4.33. The fourth-order valence-electron chi connectivity index (χ4n) is 3.16. The highest BCUT2D eigenvalue weighted by molar-refractivity contribution is 5.30. The Labute approximate surface area is 112 Å². The smallest absolute Gasteiger partial charge is 0.140 e. The van der Waals surface area contributed by atoms with E-state index in [0.29, 0.717) is 31.7 Å². The van der Waals surface area contributed by atoms with Gasteiger partial charge in [0.2, 0.25) is 0 Å². The second kappa shape index (κ2) is 4.57. The number of fused-ring (bicyclic) bond motifs is 2. The van der Waals surface area contributed by atoms with E-state index in [1.54, 1.807) is 12.3 Å². The molecule has 2 bridgehead atoms. The molecule has 2 saturated heterocycles. The Kier molecular flexibility index (Phi) is 3.02. The summed E-state index contributed by atoms with van der Waals surface area (Å²) in [6.07, 6.45) is 2.86. The molecule has 0 spiro atoms. The monoisotopic (exact) mass is 259 g/mol. The molecule has 2 aliphatic rings. The molecule has 1 aromatic heterocycles. The number of hydrogen-bond donors (Lipinski definition) is 1. The first-order valence-corrected chi connectivity index (χ1v) is 6.51. The molecular weight excluding hydrogens is 242 g/mol. The maximum Gasteiger partial charge on any atom is 0.140 e. The van der Waals surface area contributed by atoms with Crippen LogP contribution in [-0.2, 0) is 10.3 Å². The van der Waals surface area contributed by atoms with E-state index < -0.39 is 5.60 Å². The fourth-order valence-corrected chi connectivity index (χ4v) is 3.16. The Hall–Kier alpha value is -1.48. The van der Waals surface area contributed by atoms with Crippen molar-refractivity contribution >= 4 is 0 Å². The molecule has 0 amide bonds. The molecule has 5 heteroatoms. The normalized spacial score (nSPS) is 34.8. The number of piperidine rings is 1. The van der Waals surface area contributed by atoms with E-state index in [4.69, 9.17) is 10.00 Å². The maximum absolute atomic E-state index is 11.0. The SMILES string of the molecule is CN1C2COCC1CC(O)(c1ccnc(C#N)c1)C2. The van der Waals surface area contributed by atoms with Gasteiger partial charge in [0, 0.05) is 18.3 Å². The van der Waals surface area contributed by atoms with Crippen molar-refractivity contribution in [1.82, 2.24) is 9.88 Å². The molecule has 2 atom stereocenters. The van der Waals surface area contributed by atoms with Crippen molar-refractivity contribution in [2.75, 3.05) is 20.3 Å². The molecule has 100 valence electrons. The molecule has 0 aromatic carbocycles. The van der Waals surface area contributed by atoms with Gasteiger partial charge in [-0.2, -0.15) is 5.26 Å². The van der Waals surface area contributed by atoms with Gasteiger partial charge in [0.05, 0.1) is 18.8 Å². The number of nitriles is 1. The minimum atomic E-state index is -0.875. The Morgan fingerprint density at radius 1 is 1.47 bits per heavy atom. The van der Waals surface area contributed by atoms with Gasteiger partial charge in [0.25, 0.3) is 0 Å². The number of aromatic nitrogens is 1. The van der Waals surface area contributed by atoms with E-state index in [-0.39, 0.29) is 12.1 Å². The maximum atomic E-state index is 11.0. The van der Waals surface area contributed by atoms with Gasteiger partial charge < -0.3 is 9.84 Å². The molecule has 3 heterocycles. The number of pyridine rings is 1. The molecule has 2 aliphatic heterocycles. The fraction of sp³-hybridized carbons (Fsp3) is 0.571. The van der Waals surface area contributed by atoms with Crippen LogP contribution in [0, 0.1) is 11.3 Å². The zero-order valence-electron chi connectivity index (χ0n) is 10.9. The Bertz CT molecular complexity index is 512. The summed E-state index contributed by atoms with van der Waals surface area (Å²) >= 11 is 0. The first kappa shape index (κ1) is 12.5. The van der Waals surface area contributed by atoms with Gasteiger partial charge in [-0.15, -0.1) is 0 Å². The van der Waals surface area contributed by atoms with Crippen LogP contribution in [0.1, 0.15) is 24.1 Å².